The van der Waals surface area contributed by atoms with Crippen molar-refractivity contribution in [1.82, 2.24) is 4.90 Å². The van der Waals surface area contributed by atoms with Crippen LogP contribution < -0.4 is 0 Å². The maximum absolute atomic E-state index is 14.5. The van der Waals surface area contributed by atoms with E-state index in [1.54, 1.807) is 36.4 Å². The molecule has 1 N–H and O–H groups in total. The van der Waals surface area contributed by atoms with Crippen molar-refractivity contribution in [2.45, 2.75) is 46.1 Å². The molecule has 0 saturated heterocycles. The molecule has 0 atom stereocenters. The Kier molecular flexibility index (Phi) is 8.14. The highest BCUT2D eigenvalue weighted by molar-refractivity contribution is 5.37. The maximum Gasteiger partial charge on any atom is 0.129 e. The Morgan fingerprint density at radius 1 is 0.821 bits per heavy atom. The second-order valence-electron chi connectivity index (χ2n) is 8.47. The van der Waals surface area contributed by atoms with Gasteiger partial charge in [-0.15, -0.1) is 0 Å². The first-order chi connectivity index (χ1) is 13.2. The van der Waals surface area contributed by atoms with E-state index in [1.807, 2.05) is 0 Å². The highest BCUT2D eigenvalue weighted by Crippen LogP contribution is 2.37. The molecule has 0 radical (unpaired) electrons. The molecule has 0 aliphatic heterocycles. The molecular formula is C24H33F2NO. The minimum absolute atomic E-state index is 0.124. The van der Waals surface area contributed by atoms with Crippen LogP contribution in [0.3, 0.4) is 0 Å². The van der Waals surface area contributed by atoms with Crippen molar-refractivity contribution in [3.63, 3.8) is 0 Å². The summed E-state index contributed by atoms with van der Waals surface area (Å²) in [5, 5.41) is 11.5. The van der Waals surface area contributed by atoms with Crippen molar-refractivity contribution >= 4 is 0 Å². The fourth-order valence-corrected chi connectivity index (χ4v) is 3.86. The van der Waals surface area contributed by atoms with E-state index in [2.05, 4.69) is 32.6 Å². The van der Waals surface area contributed by atoms with Gasteiger partial charge in [0.15, 0.2) is 0 Å². The number of rotatable bonds is 10. The molecule has 154 valence electrons. The summed E-state index contributed by atoms with van der Waals surface area (Å²) < 4.78 is 29.1. The molecule has 28 heavy (non-hydrogen) atoms. The molecule has 0 aromatic heterocycles. The summed E-state index contributed by atoms with van der Waals surface area (Å²) in [5.41, 5.74) is -1.45. The number of halogens is 2. The van der Waals surface area contributed by atoms with Crippen LogP contribution in [0.4, 0.5) is 8.78 Å². The van der Waals surface area contributed by atoms with Crippen molar-refractivity contribution in [3.8, 4) is 0 Å². The summed E-state index contributed by atoms with van der Waals surface area (Å²) in [6.45, 7) is 11.4. The van der Waals surface area contributed by atoms with Crippen LogP contribution in [0.1, 0.15) is 51.7 Å². The summed E-state index contributed by atoms with van der Waals surface area (Å²) in [4.78, 5) is 2.37. The van der Waals surface area contributed by atoms with Gasteiger partial charge in [-0.25, -0.2) is 8.78 Å². The Morgan fingerprint density at radius 2 is 1.25 bits per heavy atom. The lowest BCUT2D eigenvalue weighted by molar-refractivity contribution is 0.0564. The smallest absolute Gasteiger partial charge is 0.129 e. The minimum atomic E-state index is -1.70. The predicted octanol–water partition coefficient (Wildman–Crippen LogP) is 5.59. The van der Waals surface area contributed by atoms with Gasteiger partial charge < -0.3 is 10.0 Å². The lowest BCUT2D eigenvalue weighted by Gasteiger charge is -2.32. The molecule has 2 nitrogen and oxygen atoms in total. The largest absolute Gasteiger partial charge is 0.380 e. The molecule has 0 heterocycles. The third-order valence-corrected chi connectivity index (χ3v) is 4.90. The number of nitrogens with zero attached hydrogens (tertiary/aromatic N) is 1. The summed E-state index contributed by atoms with van der Waals surface area (Å²) in [7, 11) is 0. The molecule has 0 bridgehead atoms. The van der Waals surface area contributed by atoms with E-state index < -0.39 is 17.2 Å². The molecule has 4 heteroatoms. The van der Waals surface area contributed by atoms with Gasteiger partial charge in [0.25, 0.3) is 0 Å². The second-order valence-corrected chi connectivity index (χ2v) is 8.47. The van der Waals surface area contributed by atoms with Gasteiger partial charge in [0.1, 0.15) is 17.2 Å². The van der Waals surface area contributed by atoms with Crippen LogP contribution in [0.2, 0.25) is 0 Å². The predicted molar refractivity (Wildman–Crippen MR) is 111 cm³/mol. The molecule has 0 fully saturated rings. The zero-order valence-electron chi connectivity index (χ0n) is 17.5. The van der Waals surface area contributed by atoms with Crippen molar-refractivity contribution < 1.29 is 13.9 Å². The maximum atomic E-state index is 14.5. The summed E-state index contributed by atoms with van der Waals surface area (Å²) >= 11 is 0. The van der Waals surface area contributed by atoms with Crippen LogP contribution in [0.25, 0.3) is 0 Å². The number of hydrogen-bond acceptors (Lipinski definition) is 2. The van der Waals surface area contributed by atoms with Gasteiger partial charge in [-0.2, -0.15) is 0 Å². The van der Waals surface area contributed by atoms with Crippen LogP contribution in [0, 0.1) is 23.5 Å². The lowest BCUT2D eigenvalue weighted by Crippen LogP contribution is -2.35. The first-order valence-corrected chi connectivity index (χ1v) is 10.2. The first kappa shape index (κ1) is 22.5. The van der Waals surface area contributed by atoms with Crippen LogP contribution in [-0.4, -0.2) is 29.6 Å². The van der Waals surface area contributed by atoms with Gasteiger partial charge in [0.2, 0.25) is 0 Å². The minimum Gasteiger partial charge on any atom is -0.380 e. The molecule has 0 spiro atoms. The fourth-order valence-electron chi connectivity index (χ4n) is 3.86. The van der Waals surface area contributed by atoms with Crippen molar-refractivity contribution in [3.05, 3.63) is 71.3 Å². The van der Waals surface area contributed by atoms with Gasteiger partial charge in [0.05, 0.1) is 0 Å². The third-order valence-electron chi connectivity index (χ3n) is 4.90. The van der Waals surface area contributed by atoms with Gasteiger partial charge in [-0.05, 0) is 43.4 Å². The molecule has 0 aliphatic carbocycles. The standard InChI is InChI=1S/C24H33F2NO/c1-18(2)16-27(17-19(3)4)15-9-14-24(28,20-10-5-7-12-22(20)25)21-11-6-8-13-23(21)26/h5-8,10-13,18-19,28H,9,14-17H2,1-4H3. The molecule has 0 unspecified atom stereocenters. The van der Waals surface area contributed by atoms with Gasteiger partial charge in [0, 0.05) is 24.2 Å². The lowest BCUT2D eigenvalue weighted by atomic mass is 9.82. The van der Waals surface area contributed by atoms with E-state index in [-0.39, 0.29) is 17.5 Å². The summed E-state index contributed by atoms with van der Waals surface area (Å²) in [6, 6.07) is 12.2. The Balaban J connectivity index is 2.26. The highest BCUT2D eigenvalue weighted by atomic mass is 19.1. The van der Waals surface area contributed by atoms with E-state index in [9.17, 15) is 13.9 Å². The molecule has 2 aromatic carbocycles. The SMILES string of the molecule is CC(C)CN(CCCC(O)(c1ccccc1F)c1ccccc1F)CC(C)C. The molecule has 2 aromatic rings. The fraction of sp³-hybridized carbons (Fsp3) is 0.500. The quantitative estimate of drug-likeness (QED) is 0.572. The van der Waals surface area contributed by atoms with Crippen LogP contribution in [0.5, 0.6) is 0 Å². The molecule has 2 rings (SSSR count). The van der Waals surface area contributed by atoms with Gasteiger partial charge in [-0.3, -0.25) is 0 Å². The normalized spacial score (nSPS) is 12.4. The number of benzene rings is 2. The zero-order chi connectivity index (χ0) is 20.7. The van der Waals surface area contributed by atoms with Crippen molar-refractivity contribution in [1.29, 1.82) is 0 Å². The average molecular weight is 390 g/mol. The van der Waals surface area contributed by atoms with Crippen molar-refractivity contribution in [2.75, 3.05) is 19.6 Å². The van der Waals surface area contributed by atoms with Crippen LogP contribution in [-0.2, 0) is 5.60 Å². The highest BCUT2D eigenvalue weighted by Gasteiger charge is 2.36. The van der Waals surface area contributed by atoms with E-state index in [0.717, 1.165) is 19.6 Å². The Labute approximate surface area is 168 Å². The average Bonchev–Trinajstić information content (AvgIpc) is 2.61. The van der Waals surface area contributed by atoms with Crippen molar-refractivity contribution in [2.24, 2.45) is 11.8 Å². The van der Waals surface area contributed by atoms with E-state index in [0.29, 0.717) is 18.3 Å². The summed E-state index contributed by atoms with van der Waals surface area (Å²) in [6.07, 6.45) is 0.889. The summed E-state index contributed by atoms with van der Waals surface area (Å²) in [5.74, 6) is 0.0375. The number of aliphatic hydroxyl groups is 1. The topological polar surface area (TPSA) is 23.5 Å². The molecular weight excluding hydrogens is 356 g/mol. The van der Waals surface area contributed by atoms with E-state index >= 15 is 0 Å². The Morgan fingerprint density at radius 3 is 1.64 bits per heavy atom. The molecule has 0 saturated carbocycles. The van der Waals surface area contributed by atoms with Gasteiger partial charge in [-0.1, -0.05) is 64.1 Å². The van der Waals surface area contributed by atoms with Gasteiger partial charge >= 0.3 is 0 Å². The Bertz CT molecular complexity index is 689. The molecule has 0 aliphatic rings. The zero-order valence-corrected chi connectivity index (χ0v) is 17.5. The third kappa shape index (κ3) is 5.86. The number of hydrogen-bond donors (Lipinski definition) is 1. The van der Waals surface area contributed by atoms with Crippen LogP contribution >= 0.6 is 0 Å². The van der Waals surface area contributed by atoms with Crippen LogP contribution in [0.15, 0.2) is 48.5 Å². The van der Waals surface area contributed by atoms with E-state index in [4.69, 9.17) is 0 Å². The second kappa shape index (κ2) is 10.1. The van der Waals surface area contributed by atoms with E-state index in [1.165, 1.54) is 12.1 Å². The Hall–Kier alpha value is -1.78. The monoisotopic (exact) mass is 389 g/mol. The first-order valence-electron chi connectivity index (χ1n) is 10.2. The molecule has 0 amide bonds.